The third kappa shape index (κ3) is 1.99. The number of hydrogen-bond donors (Lipinski definition) is 1. The summed E-state index contributed by atoms with van der Waals surface area (Å²) in [6.07, 6.45) is 2.87. The van der Waals surface area contributed by atoms with Crippen molar-refractivity contribution in [3.8, 4) is 0 Å². The molecule has 0 unspecified atom stereocenters. The Morgan fingerprint density at radius 1 is 1.44 bits per heavy atom. The first-order valence-electron chi connectivity index (χ1n) is 5.56. The lowest BCUT2D eigenvalue weighted by atomic mass is 10.2. The van der Waals surface area contributed by atoms with Gasteiger partial charge >= 0.3 is 0 Å². The van der Waals surface area contributed by atoms with Crippen LogP contribution >= 0.6 is 0 Å². The van der Waals surface area contributed by atoms with Gasteiger partial charge in [-0.1, -0.05) is 24.3 Å². The van der Waals surface area contributed by atoms with Crippen LogP contribution in [0.4, 0.5) is 0 Å². The van der Waals surface area contributed by atoms with Crippen LogP contribution in [0, 0.1) is 0 Å². The molecule has 0 aliphatic carbocycles. The third-order valence-corrected chi connectivity index (χ3v) is 2.62. The summed E-state index contributed by atoms with van der Waals surface area (Å²) in [5.41, 5.74) is 2.32. The summed E-state index contributed by atoms with van der Waals surface area (Å²) >= 11 is 0. The van der Waals surface area contributed by atoms with E-state index >= 15 is 0 Å². The summed E-state index contributed by atoms with van der Waals surface area (Å²) < 4.78 is 2.06. The predicted octanol–water partition coefficient (Wildman–Crippen LogP) is 2.33. The Bertz CT molecular complexity index is 485. The van der Waals surface area contributed by atoms with Crippen LogP contribution in [0.2, 0.25) is 0 Å². The first kappa shape index (κ1) is 10.9. The summed E-state index contributed by atoms with van der Waals surface area (Å²) in [4.78, 5) is 0. The van der Waals surface area contributed by atoms with Crippen LogP contribution in [0.25, 0.3) is 10.9 Å². The van der Waals surface area contributed by atoms with Crippen LogP contribution in [-0.4, -0.2) is 16.8 Å². The Labute approximate surface area is 95.8 Å². The number of allylic oxidation sites excluding steroid dienone is 1. The van der Waals surface area contributed by atoms with Gasteiger partial charge in [0.05, 0.1) is 11.2 Å². The van der Waals surface area contributed by atoms with E-state index in [9.17, 15) is 0 Å². The minimum Gasteiger partial charge on any atom is -0.314 e. The van der Waals surface area contributed by atoms with Crippen molar-refractivity contribution in [2.75, 3.05) is 7.05 Å². The summed E-state index contributed by atoms with van der Waals surface area (Å²) in [7, 11) is 1.94. The number of hydrogen-bond acceptors (Lipinski definition) is 2. The number of fused-ring (bicyclic) bond motifs is 1. The molecule has 0 aliphatic rings. The third-order valence-electron chi connectivity index (χ3n) is 2.62. The molecule has 1 N–H and O–H groups in total. The number of aryl methyl sites for hydroxylation is 1. The van der Waals surface area contributed by atoms with Crippen LogP contribution in [0.5, 0.6) is 0 Å². The van der Waals surface area contributed by atoms with E-state index in [1.165, 1.54) is 10.9 Å². The molecule has 0 bridgehead atoms. The molecular weight excluding hydrogens is 198 g/mol. The van der Waals surface area contributed by atoms with E-state index in [1.54, 1.807) is 0 Å². The predicted molar refractivity (Wildman–Crippen MR) is 67.3 cm³/mol. The molecule has 0 saturated heterocycles. The molecule has 0 radical (unpaired) electrons. The molecule has 3 heteroatoms. The van der Waals surface area contributed by atoms with Gasteiger partial charge in [-0.3, -0.25) is 4.68 Å². The molecular formula is C13H17N3. The van der Waals surface area contributed by atoms with Gasteiger partial charge in [0, 0.05) is 18.5 Å². The van der Waals surface area contributed by atoms with Crippen molar-refractivity contribution >= 4 is 10.9 Å². The highest BCUT2D eigenvalue weighted by Gasteiger charge is 2.07. The SMILES string of the molecule is C=CCCn1nc(CNC)c2ccccc21. The van der Waals surface area contributed by atoms with Gasteiger partial charge in [-0.25, -0.2) is 0 Å². The van der Waals surface area contributed by atoms with Gasteiger partial charge in [0.15, 0.2) is 0 Å². The van der Waals surface area contributed by atoms with Crippen LogP contribution < -0.4 is 5.32 Å². The van der Waals surface area contributed by atoms with E-state index in [0.717, 1.165) is 25.2 Å². The molecule has 0 spiro atoms. The Hall–Kier alpha value is -1.61. The lowest BCUT2D eigenvalue weighted by Gasteiger charge is -1.99. The first-order chi connectivity index (χ1) is 7.86. The highest BCUT2D eigenvalue weighted by molar-refractivity contribution is 5.81. The van der Waals surface area contributed by atoms with Crippen molar-refractivity contribution in [1.82, 2.24) is 15.1 Å². The van der Waals surface area contributed by atoms with Gasteiger partial charge in [0.25, 0.3) is 0 Å². The van der Waals surface area contributed by atoms with Crippen molar-refractivity contribution in [3.63, 3.8) is 0 Å². The van der Waals surface area contributed by atoms with E-state index in [2.05, 4.69) is 45.9 Å². The Kier molecular flexibility index (Phi) is 3.37. The van der Waals surface area contributed by atoms with Crippen molar-refractivity contribution < 1.29 is 0 Å². The molecule has 0 amide bonds. The Morgan fingerprint density at radius 3 is 3.00 bits per heavy atom. The first-order valence-corrected chi connectivity index (χ1v) is 5.56. The molecule has 16 heavy (non-hydrogen) atoms. The average Bonchev–Trinajstić information content (AvgIpc) is 2.66. The van der Waals surface area contributed by atoms with Crippen molar-refractivity contribution in [1.29, 1.82) is 0 Å². The number of benzene rings is 1. The standard InChI is InChI=1S/C13H17N3/c1-3-4-9-16-13-8-6-5-7-11(13)12(15-16)10-14-2/h3,5-8,14H,1,4,9-10H2,2H3. The van der Waals surface area contributed by atoms with E-state index in [1.807, 2.05) is 13.1 Å². The summed E-state index contributed by atoms with van der Waals surface area (Å²) in [5, 5.41) is 9.01. The Morgan fingerprint density at radius 2 is 2.25 bits per heavy atom. The van der Waals surface area contributed by atoms with Gasteiger partial charge in [0.2, 0.25) is 0 Å². The molecule has 0 saturated carbocycles. The van der Waals surface area contributed by atoms with Gasteiger partial charge in [-0.2, -0.15) is 5.10 Å². The fraction of sp³-hybridized carbons (Fsp3) is 0.308. The maximum atomic E-state index is 4.62. The number of nitrogens with zero attached hydrogens (tertiary/aromatic N) is 2. The molecule has 2 aromatic rings. The fourth-order valence-corrected chi connectivity index (χ4v) is 1.88. The second-order valence-electron chi connectivity index (χ2n) is 3.79. The molecule has 2 rings (SSSR count). The molecule has 1 aromatic heterocycles. The second-order valence-corrected chi connectivity index (χ2v) is 3.79. The van der Waals surface area contributed by atoms with Crippen LogP contribution in [0.1, 0.15) is 12.1 Å². The van der Waals surface area contributed by atoms with Crippen LogP contribution in [-0.2, 0) is 13.1 Å². The average molecular weight is 215 g/mol. The molecule has 0 fully saturated rings. The van der Waals surface area contributed by atoms with E-state index in [0.29, 0.717) is 0 Å². The summed E-state index contributed by atoms with van der Waals surface area (Å²) in [6.45, 7) is 5.45. The minimum absolute atomic E-state index is 0.807. The number of aromatic nitrogens is 2. The molecule has 84 valence electrons. The van der Waals surface area contributed by atoms with Gasteiger partial charge in [-0.15, -0.1) is 6.58 Å². The van der Waals surface area contributed by atoms with E-state index in [4.69, 9.17) is 0 Å². The zero-order chi connectivity index (χ0) is 11.4. The summed E-state index contributed by atoms with van der Waals surface area (Å²) in [5.74, 6) is 0. The van der Waals surface area contributed by atoms with Gasteiger partial charge in [-0.05, 0) is 19.5 Å². The van der Waals surface area contributed by atoms with Crippen LogP contribution in [0.3, 0.4) is 0 Å². The highest BCUT2D eigenvalue weighted by atomic mass is 15.3. The summed E-state index contributed by atoms with van der Waals surface area (Å²) in [6, 6.07) is 8.35. The van der Waals surface area contributed by atoms with Crippen molar-refractivity contribution in [2.24, 2.45) is 0 Å². The smallest absolute Gasteiger partial charge is 0.0841 e. The molecule has 3 nitrogen and oxygen atoms in total. The van der Waals surface area contributed by atoms with E-state index in [-0.39, 0.29) is 0 Å². The molecule has 0 atom stereocenters. The number of rotatable bonds is 5. The van der Waals surface area contributed by atoms with Gasteiger partial charge in [0.1, 0.15) is 0 Å². The zero-order valence-corrected chi connectivity index (χ0v) is 9.61. The monoisotopic (exact) mass is 215 g/mol. The Balaban J connectivity index is 2.44. The largest absolute Gasteiger partial charge is 0.314 e. The zero-order valence-electron chi connectivity index (χ0n) is 9.61. The quantitative estimate of drug-likeness (QED) is 0.776. The van der Waals surface area contributed by atoms with E-state index < -0.39 is 0 Å². The maximum Gasteiger partial charge on any atom is 0.0841 e. The molecule has 1 heterocycles. The highest BCUT2D eigenvalue weighted by Crippen LogP contribution is 2.18. The molecule has 0 aliphatic heterocycles. The fourth-order valence-electron chi connectivity index (χ4n) is 1.88. The maximum absolute atomic E-state index is 4.62. The number of nitrogens with one attached hydrogen (secondary N) is 1. The second kappa shape index (κ2) is 4.94. The lowest BCUT2D eigenvalue weighted by molar-refractivity contribution is 0.626. The molecule has 1 aromatic carbocycles. The minimum atomic E-state index is 0.807. The number of para-hydroxylation sites is 1. The van der Waals surface area contributed by atoms with Crippen LogP contribution in [0.15, 0.2) is 36.9 Å². The van der Waals surface area contributed by atoms with Crippen molar-refractivity contribution in [3.05, 3.63) is 42.6 Å². The normalized spacial score (nSPS) is 10.8. The lowest BCUT2D eigenvalue weighted by Crippen LogP contribution is -2.07. The van der Waals surface area contributed by atoms with Crippen molar-refractivity contribution in [2.45, 2.75) is 19.5 Å². The topological polar surface area (TPSA) is 29.9 Å². The van der Waals surface area contributed by atoms with Gasteiger partial charge < -0.3 is 5.32 Å².